The van der Waals surface area contributed by atoms with Crippen molar-refractivity contribution in [1.82, 2.24) is 5.32 Å². The van der Waals surface area contributed by atoms with Crippen molar-refractivity contribution in [3.05, 3.63) is 0 Å². The molecule has 0 fully saturated rings. The first kappa shape index (κ1) is 57.2. The van der Waals surface area contributed by atoms with Crippen molar-refractivity contribution < 1.29 is 33.8 Å². The summed E-state index contributed by atoms with van der Waals surface area (Å²) >= 11 is 1.11. The van der Waals surface area contributed by atoms with Gasteiger partial charge in [0.05, 0.1) is 0 Å². The SMILES string of the molecule is CCCCCCCCCCCCCCCC(=O)N[C@@H](CSC(C)(COC(=O)CCCCCCCCCCCCCCC)OC(=O)CCCCCCCCCCC)C(=O)O. The Morgan fingerprint density at radius 1 is 0.475 bits per heavy atom. The van der Waals surface area contributed by atoms with Crippen molar-refractivity contribution in [3.8, 4) is 0 Å². The molecule has 0 heterocycles. The number of rotatable bonds is 46. The van der Waals surface area contributed by atoms with E-state index in [1.54, 1.807) is 6.92 Å². The predicted octanol–water partition coefficient (Wildman–Crippen LogP) is 15.0. The second-order valence-corrected chi connectivity index (χ2v) is 19.1. The Morgan fingerprint density at radius 3 is 1.12 bits per heavy atom. The van der Waals surface area contributed by atoms with E-state index in [1.807, 2.05) is 0 Å². The zero-order valence-corrected chi connectivity index (χ0v) is 40.0. The fourth-order valence-electron chi connectivity index (χ4n) is 7.55. The molecule has 0 aromatic rings. The van der Waals surface area contributed by atoms with Crippen molar-refractivity contribution in [2.45, 2.75) is 283 Å². The molecule has 0 aliphatic carbocycles. The first-order valence-corrected chi connectivity index (χ1v) is 26.2. The van der Waals surface area contributed by atoms with E-state index < -0.39 is 16.9 Å². The number of unbranched alkanes of at least 4 members (excludes halogenated alkanes) is 32. The van der Waals surface area contributed by atoms with Crippen LogP contribution in [-0.2, 0) is 28.7 Å². The van der Waals surface area contributed by atoms with Gasteiger partial charge in [0, 0.05) is 25.0 Å². The van der Waals surface area contributed by atoms with Crippen LogP contribution in [0.4, 0.5) is 0 Å². The molecule has 0 rings (SSSR count). The van der Waals surface area contributed by atoms with Crippen molar-refractivity contribution in [1.29, 1.82) is 0 Å². The second kappa shape index (κ2) is 42.9. The van der Waals surface area contributed by atoms with Gasteiger partial charge >= 0.3 is 17.9 Å². The Bertz CT molecular complexity index is 994. The summed E-state index contributed by atoms with van der Waals surface area (Å²) in [6.45, 7) is 8.23. The number of hydrogen-bond donors (Lipinski definition) is 2. The van der Waals surface area contributed by atoms with Gasteiger partial charge in [-0.3, -0.25) is 14.4 Å². The summed E-state index contributed by atoms with van der Waals surface area (Å²) in [7, 11) is 0. The molecular formula is C50H95NO7S. The van der Waals surface area contributed by atoms with Gasteiger partial charge < -0.3 is 19.9 Å². The van der Waals surface area contributed by atoms with Crippen LogP contribution < -0.4 is 5.32 Å². The molecule has 59 heavy (non-hydrogen) atoms. The van der Waals surface area contributed by atoms with E-state index in [-0.39, 0.29) is 43.0 Å². The second-order valence-electron chi connectivity index (χ2n) is 17.6. The zero-order valence-electron chi connectivity index (χ0n) is 39.2. The third kappa shape index (κ3) is 40.1. The molecule has 0 saturated carbocycles. The lowest BCUT2D eigenvalue weighted by atomic mass is 10.0. The lowest BCUT2D eigenvalue weighted by molar-refractivity contribution is -0.161. The van der Waals surface area contributed by atoms with Crippen LogP contribution in [0.2, 0.25) is 0 Å². The number of esters is 2. The van der Waals surface area contributed by atoms with Gasteiger partial charge in [-0.25, -0.2) is 4.79 Å². The third-order valence-corrected chi connectivity index (χ3v) is 12.8. The van der Waals surface area contributed by atoms with Gasteiger partial charge in [0.15, 0.2) is 4.93 Å². The molecule has 0 aliphatic rings. The van der Waals surface area contributed by atoms with Crippen LogP contribution in [0.3, 0.4) is 0 Å². The minimum Gasteiger partial charge on any atom is -0.480 e. The number of carboxylic acids is 1. The summed E-state index contributed by atoms with van der Waals surface area (Å²) in [5.74, 6) is -2.16. The van der Waals surface area contributed by atoms with Gasteiger partial charge in [-0.2, -0.15) is 0 Å². The van der Waals surface area contributed by atoms with Crippen molar-refractivity contribution in [3.63, 3.8) is 0 Å². The molecule has 2 N–H and O–H groups in total. The van der Waals surface area contributed by atoms with Gasteiger partial charge in [0.25, 0.3) is 0 Å². The van der Waals surface area contributed by atoms with Crippen LogP contribution in [0, 0.1) is 0 Å². The molecule has 0 aliphatic heterocycles. The highest BCUT2D eigenvalue weighted by molar-refractivity contribution is 8.00. The maximum atomic E-state index is 13.0. The number of amides is 1. The van der Waals surface area contributed by atoms with Crippen LogP contribution in [0.15, 0.2) is 0 Å². The summed E-state index contributed by atoms with van der Waals surface area (Å²) in [5.41, 5.74) is 0. The summed E-state index contributed by atoms with van der Waals surface area (Å²) in [6, 6.07) is -1.15. The van der Waals surface area contributed by atoms with Crippen LogP contribution in [0.25, 0.3) is 0 Å². The summed E-state index contributed by atoms with van der Waals surface area (Å²) in [4.78, 5) is 49.5. The summed E-state index contributed by atoms with van der Waals surface area (Å²) in [6.07, 6.45) is 42.8. The average molecular weight is 854 g/mol. The highest BCUT2D eigenvalue weighted by Gasteiger charge is 2.34. The Balaban J connectivity index is 4.74. The number of thioether (sulfide) groups is 1. The maximum Gasteiger partial charge on any atom is 0.327 e. The highest BCUT2D eigenvalue weighted by atomic mass is 32.2. The standard InChI is InChI=1S/C50H95NO7S/c1-5-8-11-14-17-20-22-24-26-29-31-34-37-40-46(52)51-45(49(55)56)43-59-50(4,58-48(54)42-39-36-33-28-19-16-13-10-7-3)44-57-47(53)41-38-35-32-30-27-25-23-21-18-15-12-9-6-2/h45H,5-44H2,1-4H3,(H,51,52)(H,55,56)/t45-,50?/m0/s1. The molecule has 1 amide bonds. The quantitative estimate of drug-likeness (QED) is 0.0353. The Hall–Kier alpha value is -1.77. The van der Waals surface area contributed by atoms with E-state index in [2.05, 4.69) is 26.1 Å². The Morgan fingerprint density at radius 2 is 0.780 bits per heavy atom. The molecule has 8 nitrogen and oxygen atoms in total. The smallest absolute Gasteiger partial charge is 0.327 e. The van der Waals surface area contributed by atoms with E-state index in [4.69, 9.17) is 9.47 Å². The van der Waals surface area contributed by atoms with Crippen molar-refractivity contribution >= 4 is 35.6 Å². The monoisotopic (exact) mass is 854 g/mol. The van der Waals surface area contributed by atoms with Crippen molar-refractivity contribution in [2.24, 2.45) is 0 Å². The first-order valence-electron chi connectivity index (χ1n) is 25.2. The van der Waals surface area contributed by atoms with Gasteiger partial charge in [-0.05, 0) is 26.2 Å². The minimum absolute atomic E-state index is 0.0160. The number of carbonyl (C=O) groups excluding carboxylic acids is 3. The van der Waals surface area contributed by atoms with Gasteiger partial charge in [0.2, 0.25) is 5.91 Å². The molecule has 0 radical (unpaired) electrons. The molecule has 1 unspecified atom stereocenters. The normalized spacial score (nSPS) is 12.9. The van der Waals surface area contributed by atoms with Crippen molar-refractivity contribution in [2.75, 3.05) is 12.4 Å². The largest absolute Gasteiger partial charge is 0.480 e. The summed E-state index contributed by atoms with van der Waals surface area (Å²) < 4.78 is 11.6. The number of aliphatic carboxylic acids is 1. The predicted molar refractivity (Wildman–Crippen MR) is 250 cm³/mol. The van der Waals surface area contributed by atoms with E-state index in [1.165, 1.54) is 167 Å². The molecule has 9 heteroatoms. The van der Waals surface area contributed by atoms with Gasteiger partial charge in [-0.15, -0.1) is 11.8 Å². The van der Waals surface area contributed by atoms with Crippen LogP contribution in [0.1, 0.15) is 272 Å². The number of ether oxygens (including phenoxy) is 2. The number of carboxylic acid groups (broad SMARTS) is 1. The number of nitrogens with one attached hydrogen (secondary N) is 1. The molecule has 0 aromatic heterocycles. The zero-order chi connectivity index (χ0) is 43.5. The lowest BCUT2D eigenvalue weighted by Crippen LogP contribution is -2.44. The first-order chi connectivity index (χ1) is 28.7. The van der Waals surface area contributed by atoms with Crippen LogP contribution in [0.5, 0.6) is 0 Å². The third-order valence-electron chi connectivity index (χ3n) is 11.5. The number of hydrogen-bond acceptors (Lipinski definition) is 7. The fraction of sp³-hybridized carbons (Fsp3) is 0.920. The molecule has 2 atom stereocenters. The molecule has 348 valence electrons. The molecule has 0 spiro atoms. The van der Waals surface area contributed by atoms with E-state index >= 15 is 0 Å². The van der Waals surface area contributed by atoms with E-state index in [9.17, 15) is 24.3 Å². The highest BCUT2D eigenvalue weighted by Crippen LogP contribution is 2.29. The summed E-state index contributed by atoms with van der Waals surface area (Å²) in [5, 5.41) is 12.7. The average Bonchev–Trinajstić information content (AvgIpc) is 3.21. The molecule has 0 saturated heterocycles. The van der Waals surface area contributed by atoms with Gasteiger partial charge in [-0.1, -0.05) is 226 Å². The maximum absolute atomic E-state index is 13.0. The Kier molecular flexibility index (Phi) is 41.6. The van der Waals surface area contributed by atoms with E-state index in [0.29, 0.717) is 6.42 Å². The fourth-order valence-corrected chi connectivity index (χ4v) is 8.59. The van der Waals surface area contributed by atoms with Crippen LogP contribution >= 0.6 is 11.8 Å². The number of carbonyl (C=O) groups is 4. The van der Waals surface area contributed by atoms with Gasteiger partial charge in [0.1, 0.15) is 12.6 Å². The lowest BCUT2D eigenvalue weighted by Gasteiger charge is -2.29. The molecule has 0 bridgehead atoms. The molecule has 0 aromatic carbocycles. The minimum atomic E-state index is -1.27. The van der Waals surface area contributed by atoms with E-state index in [0.717, 1.165) is 69.5 Å². The van der Waals surface area contributed by atoms with Crippen LogP contribution in [-0.4, -0.2) is 52.3 Å². The topological polar surface area (TPSA) is 119 Å². The Labute approximate surface area is 368 Å². The molecular weight excluding hydrogens is 759 g/mol.